The van der Waals surface area contributed by atoms with E-state index < -0.39 is 8.38 Å². The third-order valence-corrected chi connectivity index (χ3v) is 4.27. The van der Waals surface area contributed by atoms with Crippen LogP contribution < -0.4 is 0 Å². The number of unbranched alkanes of at least 4 members (excludes halogenated alkanes) is 3. The Kier molecular flexibility index (Phi) is 7.60. The monoisotopic (exact) mass is 232 g/mol. The summed E-state index contributed by atoms with van der Waals surface area (Å²) in [6.45, 7) is 2.21. The van der Waals surface area contributed by atoms with Gasteiger partial charge in [0.1, 0.15) is 0 Å². The highest BCUT2D eigenvalue weighted by atomic mass is 31.2. The van der Waals surface area contributed by atoms with Crippen LogP contribution in [0.15, 0.2) is 0 Å². The van der Waals surface area contributed by atoms with Crippen molar-refractivity contribution in [1.29, 1.82) is 0 Å². The molecule has 1 fully saturated rings. The second-order valence-corrected chi connectivity index (χ2v) is 5.86. The third-order valence-electron chi connectivity index (χ3n) is 3.03. The summed E-state index contributed by atoms with van der Waals surface area (Å²) in [6, 6.07) is 0. The standard InChI is InChI=1S/C12H25O2P/c1-2-3-4-8-11-15(13)14-12-9-6-5-7-10-12/h12-13H,2-11H2,1H3. The Bertz CT molecular complexity index is 147. The third kappa shape index (κ3) is 6.50. The van der Waals surface area contributed by atoms with Crippen molar-refractivity contribution in [2.24, 2.45) is 0 Å². The first-order valence-corrected chi connectivity index (χ1v) is 7.86. The average molecular weight is 232 g/mol. The zero-order chi connectivity index (χ0) is 10.9. The summed E-state index contributed by atoms with van der Waals surface area (Å²) < 4.78 is 5.69. The molecule has 0 bridgehead atoms. The minimum Gasteiger partial charge on any atom is -0.350 e. The van der Waals surface area contributed by atoms with E-state index in [0.717, 1.165) is 25.4 Å². The van der Waals surface area contributed by atoms with Gasteiger partial charge in [-0.25, -0.2) is 0 Å². The lowest BCUT2D eigenvalue weighted by atomic mass is 9.98. The molecule has 0 radical (unpaired) electrons. The van der Waals surface area contributed by atoms with Crippen LogP contribution in [-0.2, 0) is 4.52 Å². The predicted octanol–water partition coefficient (Wildman–Crippen LogP) is 4.22. The van der Waals surface area contributed by atoms with Crippen molar-refractivity contribution in [2.45, 2.75) is 70.8 Å². The van der Waals surface area contributed by atoms with E-state index in [-0.39, 0.29) is 0 Å². The molecule has 3 heteroatoms. The highest BCUT2D eigenvalue weighted by Gasteiger charge is 2.17. The Morgan fingerprint density at radius 2 is 1.87 bits per heavy atom. The minimum atomic E-state index is -1.12. The maximum absolute atomic E-state index is 9.74. The first kappa shape index (κ1) is 13.4. The molecule has 0 aromatic rings. The van der Waals surface area contributed by atoms with E-state index in [1.165, 1.54) is 38.5 Å². The molecule has 1 rings (SSSR count). The quantitative estimate of drug-likeness (QED) is 0.526. The molecule has 1 saturated carbocycles. The Balaban J connectivity index is 1.98. The van der Waals surface area contributed by atoms with Gasteiger partial charge in [0.2, 0.25) is 0 Å². The maximum atomic E-state index is 9.74. The highest BCUT2D eigenvalue weighted by molar-refractivity contribution is 7.46. The van der Waals surface area contributed by atoms with Gasteiger partial charge >= 0.3 is 0 Å². The zero-order valence-corrected chi connectivity index (χ0v) is 10.8. The van der Waals surface area contributed by atoms with Crippen LogP contribution in [0.1, 0.15) is 64.7 Å². The van der Waals surface area contributed by atoms with Crippen LogP contribution in [0.4, 0.5) is 0 Å². The van der Waals surface area contributed by atoms with E-state index in [1.807, 2.05) is 0 Å². The van der Waals surface area contributed by atoms with Crippen LogP contribution in [0.3, 0.4) is 0 Å². The van der Waals surface area contributed by atoms with Crippen molar-refractivity contribution in [3.05, 3.63) is 0 Å². The van der Waals surface area contributed by atoms with E-state index >= 15 is 0 Å². The van der Waals surface area contributed by atoms with Gasteiger partial charge in [-0.05, 0) is 19.3 Å². The van der Waals surface area contributed by atoms with Crippen molar-refractivity contribution in [2.75, 3.05) is 6.16 Å². The molecule has 1 aliphatic carbocycles. The van der Waals surface area contributed by atoms with Gasteiger partial charge in [-0.2, -0.15) is 0 Å². The van der Waals surface area contributed by atoms with Crippen molar-refractivity contribution < 1.29 is 9.42 Å². The average Bonchev–Trinajstić information content (AvgIpc) is 2.26. The fraction of sp³-hybridized carbons (Fsp3) is 1.00. The predicted molar refractivity (Wildman–Crippen MR) is 66.1 cm³/mol. The summed E-state index contributed by atoms with van der Waals surface area (Å²) in [7, 11) is -1.12. The van der Waals surface area contributed by atoms with Crippen molar-refractivity contribution >= 4 is 8.38 Å². The smallest absolute Gasteiger partial charge is 0.167 e. The number of rotatable bonds is 7. The molecule has 1 N–H and O–H groups in total. The summed E-state index contributed by atoms with van der Waals surface area (Å²) in [5.74, 6) is 0. The number of hydrogen-bond donors (Lipinski definition) is 1. The van der Waals surface area contributed by atoms with E-state index in [4.69, 9.17) is 4.52 Å². The van der Waals surface area contributed by atoms with Gasteiger partial charge in [0.15, 0.2) is 8.38 Å². The van der Waals surface area contributed by atoms with Crippen LogP contribution in [0.25, 0.3) is 0 Å². The summed E-state index contributed by atoms with van der Waals surface area (Å²) in [4.78, 5) is 9.74. The van der Waals surface area contributed by atoms with Gasteiger partial charge < -0.3 is 9.42 Å². The first-order chi connectivity index (χ1) is 7.33. The van der Waals surface area contributed by atoms with Crippen LogP contribution >= 0.6 is 8.38 Å². The second-order valence-electron chi connectivity index (χ2n) is 4.50. The van der Waals surface area contributed by atoms with Gasteiger partial charge in [0.05, 0.1) is 6.10 Å². The molecule has 0 aliphatic heterocycles. The van der Waals surface area contributed by atoms with Gasteiger partial charge in [-0.3, -0.25) is 0 Å². The lowest BCUT2D eigenvalue weighted by Crippen LogP contribution is -2.14. The summed E-state index contributed by atoms with van der Waals surface area (Å²) in [6.07, 6.45) is 12.4. The van der Waals surface area contributed by atoms with Gasteiger partial charge in [0.25, 0.3) is 0 Å². The van der Waals surface area contributed by atoms with Gasteiger partial charge in [-0.15, -0.1) is 0 Å². The van der Waals surface area contributed by atoms with Crippen molar-refractivity contribution in [3.8, 4) is 0 Å². The fourth-order valence-corrected chi connectivity index (χ4v) is 3.22. The van der Waals surface area contributed by atoms with E-state index in [2.05, 4.69) is 6.92 Å². The van der Waals surface area contributed by atoms with Crippen molar-refractivity contribution in [1.82, 2.24) is 0 Å². The SMILES string of the molecule is CCCCCCP(O)OC1CCCCC1. The topological polar surface area (TPSA) is 29.5 Å². The molecular formula is C12H25O2P. The molecule has 0 aromatic carbocycles. The van der Waals surface area contributed by atoms with E-state index in [0.29, 0.717) is 6.10 Å². The second kappa shape index (κ2) is 8.50. The Labute approximate surface area is 95.3 Å². The molecule has 0 saturated heterocycles. The van der Waals surface area contributed by atoms with E-state index in [1.54, 1.807) is 0 Å². The summed E-state index contributed by atoms with van der Waals surface area (Å²) in [5.41, 5.74) is 0. The lowest BCUT2D eigenvalue weighted by molar-refractivity contribution is 0.156. The zero-order valence-electron chi connectivity index (χ0n) is 9.95. The molecule has 1 aliphatic rings. The van der Waals surface area contributed by atoms with Gasteiger partial charge in [0, 0.05) is 6.16 Å². The number of hydrogen-bond acceptors (Lipinski definition) is 2. The molecular weight excluding hydrogens is 207 g/mol. The normalized spacial score (nSPS) is 20.4. The molecule has 1 unspecified atom stereocenters. The molecule has 90 valence electrons. The van der Waals surface area contributed by atoms with Crippen LogP contribution in [0.5, 0.6) is 0 Å². The first-order valence-electron chi connectivity index (χ1n) is 6.46. The molecule has 15 heavy (non-hydrogen) atoms. The lowest BCUT2D eigenvalue weighted by Gasteiger charge is -2.24. The van der Waals surface area contributed by atoms with E-state index in [9.17, 15) is 4.89 Å². The van der Waals surface area contributed by atoms with Crippen molar-refractivity contribution in [3.63, 3.8) is 0 Å². The fourth-order valence-electron chi connectivity index (χ4n) is 2.07. The summed E-state index contributed by atoms with van der Waals surface area (Å²) >= 11 is 0. The summed E-state index contributed by atoms with van der Waals surface area (Å²) in [5, 5.41) is 0. The maximum Gasteiger partial charge on any atom is 0.167 e. The molecule has 2 nitrogen and oxygen atoms in total. The molecule has 1 atom stereocenters. The van der Waals surface area contributed by atoms with Crippen LogP contribution in [-0.4, -0.2) is 17.2 Å². The highest BCUT2D eigenvalue weighted by Crippen LogP contribution is 2.38. The molecule has 0 amide bonds. The Morgan fingerprint density at radius 3 is 2.53 bits per heavy atom. The van der Waals surface area contributed by atoms with Crippen LogP contribution in [0, 0.1) is 0 Å². The van der Waals surface area contributed by atoms with Gasteiger partial charge in [-0.1, -0.05) is 45.4 Å². The largest absolute Gasteiger partial charge is 0.350 e. The molecule has 0 spiro atoms. The molecule has 0 heterocycles. The Hall–Kier alpha value is 0.350. The Morgan fingerprint density at radius 1 is 1.13 bits per heavy atom. The van der Waals surface area contributed by atoms with Crippen LogP contribution in [0.2, 0.25) is 0 Å². The minimum absolute atomic E-state index is 0.362. The molecule has 0 aromatic heterocycles.